The largest absolute Gasteiger partial charge is 0.491 e. The van der Waals surface area contributed by atoms with Crippen molar-refractivity contribution < 1.29 is 9.47 Å². The van der Waals surface area contributed by atoms with E-state index in [1.54, 1.807) is 7.11 Å². The lowest BCUT2D eigenvalue weighted by atomic mass is 10.0. The summed E-state index contributed by atoms with van der Waals surface area (Å²) in [7, 11) is 1.68. The maximum Gasteiger partial charge on any atom is 0.119 e. The van der Waals surface area contributed by atoms with E-state index in [-0.39, 0.29) is 12.4 Å². The van der Waals surface area contributed by atoms with Gasteiger partial charge in [-0.1, -0.05) is 18.2 Å². The summed E-state index contributed by atoms with van der Waals surface area (Å²) in [5.41, 5.74) is 2.56. The van der Waals surface area contributed by atoms with Gasteiger partial charge in [-0.25, -0.2) is 0 Å². The van der Waals surface area contributed by atoms with E-state index in [9.17, 15) is 0 Å². The number of methoxy groups -OCH3 is 1. The van der Waals surface area contributed by atoms with Gasteiger partial charge >= 0.3 is 0 Å². The zero-order valence-corrected chi connectivity index (χ0v) is 15.4. The van der Waals surface area contributed by atoms with E-state index in [1.807, 2.05) is 30.6 Å². The normalized spacial score (nSPS) is 17.7. The second kappa shape index (κ2) is 10.4. The van der Waals surface area contributed by atoms with Crippen LogP contribution < -0.4 is 10.1 Å². The van der Waals surface area contributed by atoms with E-state index in [0.29, 0.717) is 19.3 Å². The van der Waals surface area contributed by atoms with Gasteiger partial charge in [-0.15, -0.1) is 12.4 Å². The molecule has 2 aromatic rings. The molecule has 1 atom stereocenters. The van der Waals surface area contributed by atoms with E-state index in [2.05, 4.69) is 33.4 Å². The summed E-state index contributed by atoms with van der Waals surface area (Å²) in [4.78, 5) is 6.78. The average molecular weight is 364 g/mol. The lowest BCUT2D eigenvalue weighted by Crippen LogP contribution is -2.45. The lowest BCUT2D eigenvalue weighted by molar-refractivity contribution is 0.146. The second-order valence-corrected chi connectivity index (χ2v) is 5.96. The van der Waals surface area contributed by atoms with Crippen LogP contribution in [-0.2, 0) is 11.3 Å². The molecule has 0 amide bonds. The summed E-state index contributed by atoms with van der Waals surface area (Å²) in [6.45, 7) is 5.14. The fourth-order valence-corrected chi connectivity index (χ4v) is 3.01. The number of hydrogen-bond donors (Lipinski definition) is 1. The van der Waals surface area contributed by atoms with Gasteiger partial charge in [0.15, 0.2) is 0 Å². The Morgan fingerprint density at radius 3 is 2.76 bits per heavy atom. The molecule has 0 saturated carbocycles. The van der Waals surface area contributed by atoms with Crippen LogP contribution in [0, 0.1) is 0 Å². The van der Waals surface area contributed by atoms with Crippen molar-refractivity contribution in [2.45, 2.75) is 12.6 Å². The number of piperazine rings is 1. The molecule has 1 N–H and O–H groups in total. The summed E-state index contributed by atoms with van der Waals surface area (Å²) in [5, 5.41) is 3.49. The van der Waals surface area contributed by atoms with Crippen LogP contribution in [-0.4, -0.2) is 49.8 Å². The van der Waals surface area contributed by atoms with Gasteiger partial charge in [0.05, 0.1) is 6.61 Å². The van der Waals surface area contributed by atoms with E-state index < -0.39 is 0 Å². The smallest absolute Gasteiger partial charge is 0.119 e. The molecule has 1 aliphatic rings. The molecule has 25 heavy (non-hydrogen) atoms. The third-order valence-electron chi connectivity index (χ3n) is 4.29. The molecule has 0 spiro atoms. The first-order valence-corrected chi connectivity index (χ1v) is 8.42. The number of nitrogens with one attached hydrogen (secondary N) is 1. The van der Waals surface area contributed by atoms with Gasteiger partial charge < -0.3 is 14.8 Å². The highest BCUT2D eigenvalue weighted by Gasteiger charge is 2.23. The number of pyridine rings is 1. The molecule has 6 heteroatoms. The molecule has 136 valence electrons. The van der Waals surface area contributed by atoms with E-state index in [0.717, 1.165) is 31.9 Å². The maximum absolute atomic E-state index is 5.62. The van der Waals surface area contributed by atoms with Crippen LogP contribution in [0.25, 0.3) is 0 Å². The molecule has 1 fully saturated rings. The van der Waals surface area contributed by atoms with Crippen LogP contribution in [0.1, 0.15) is 17.2 Å². The van der Waals surface area contributed by atoms with E-state index in [4.69, 9.17) is 9.47 Å². The average Bonchev–Trinajstić information content (AvgIpc) is 2.65. The van der Waals surface area contributed by atoms with E-state index in [1.165, 1.54) is 11.1 Å². The number of nitrogens with zero attached hydrogens (tertiary/aromatic N) is 2. The SMILES string of the molecule is COCCOc1ccc(CN2CCNCC2c2cccnc2)cc1.Cl. The summed E-state index contributed by atoms with van der Waals surface area (Å²) in [5.74, 6) is 0.889. The van der Waals surface area contributed by atoms with Gasteiger partial charge in [0.2, 0.25) is 0 Å². The third-order valence-corrected chi connectivity index (χ3v) is 4.29. The highest BCUT2D eigenvalue weighted by Crippen LogP contribution is 2.24. The molecule has 2 heterocycles. The number of rotatable bonds is 7. The van der Waals surface area contributed by atoms with Crippen molar-refractivity contribution in [3.8, 4) is 5.75 Å². The minimum Gasteiger partial charge on any atom is -0.491 e. The highest BCUT2D eigenvalue weighted by molar-refractivity contribution is 5.85. The molecule has 0 radical (unpaired) electrons. The molecule has 3 rings (SSSR count). The Morgan fingerprint density at radius 1 is 1.20 bits per heavy atom. The molecule has 1 unspecified atom stereocenters. The van der Waals surface area contributed by atoms with Crippen molar-refractivity contribution in [3.63, 3.8) is 0 Å². The second-order valence-electron chi connectivity index (χ2n) is 5.96. The zero-order valence-electron chi connectivity index (χ0n) is 14.6. The molecular weight excluding hydrogens is 338 g/mol. The van der Waals surface area contributed by atoms with Crippen molar-refractivity contribution in [2.75, 3.05) is 40.0 Å². The fraction of sp³-hybridized carbons (Fsp3) is 0.421. The van der Waals surface area contributed by atoms with Gasteiger partial charge in [0, 0.05) is 51.7 Å². The maximum atomic E-state index is 5.62. The molecule has 0 aliphatic carbocycles. The van der Waals surface area contributed by atoms with Crippen LogP contribution in [0.4, 0.5) is 0 Å². The molecule has 0 bridgehead atoms. The third kappa shape index (κ3) is 5.68. The first-order valence-electron chi connectivity index (χ1n) is 8.42. The fourth-order valence-electron chi connectivity index (χ4n) is 3.01. The van der Waals surface area contributed by atoms with Gasteiger partial charge in [0.1, 0.15) is 12.4 Å². The van der Waals surface area contributed by atoms with E-state index >= 15 is 0 Å². The van der Waals surface area contributed by atoms with Crippen molar-refractivity contribution in [1.82, 2.24) is 15.2 Å². The van der Waals surface area contributed by atoms with Crippen molar-refractivity contribution in [1.29, 1.82) is 0 Å². The van der Waals surface area contributed by atoms with Crippen LogP contribution in [0.15, 0.2) is 48.8 Å². The Morgan fingerprint density at radius 2 is 2.04 bits per heavy atom. The quantitative estimate of drug-likeness (QED) is 0.766. The Kier molecular flexibility index (Phi) is 8.15. The Bertz CT molecular complexity index is 610. The summed E-state index contributed by atoms with van der Waals surface area (Å²) < 4.78 is 10.6. The number of halogens is 1. The topological polar surface area (TPSA) is 46.6 Å². The molecule has 1 aromatic carbocycles. The Hall–Kier alpha value is -1.66. The van der Waals surface area contributed by atoms with Gasteiger partial charge in [-0.3, -0.25) is 9.88 Å². The molecular formula is C19H26ClN3O2. The summed E-state index contributed by atoms with van der Waals surface area (Å²) >= 11 is 0. The predicted octanol–water partition coefficient (Wildman–Crippen LogP) is 2.68. The lowest BCUT2D eigenvalue weighted by Gasteiger charge is -2.36. The van der Waals surface area contributed by atoms with Crippen LogP contribution in [0.2, 0.25) is 0 Å². The molecule has 1 aromatic heterocycles. The first-order chi connectivity index (χ1) is 11.9. The minimum absolute atomic E-state index is 0. The zero-order chi connectivity index (χ0) is 16.6. The monoisotopic (exact) mass is 363 g/mol. The minimum atomic E-state index is 0. The Balaban J connectivity index is 0.00000225. The number of ether oxygens (including phenoxy) is 2. The van der Waals surface area contributed by atoms with Crippen LogP contribution in [0.5, 0.6) is 5.75 Å². The predicted molar refractivity (Wildman–Crippen MR) is 101 cm³/mol. The van der Waals surface area contributed by atoms with Crippen LogP contribution in [0.3, 0.4) is 0 Å². The van der Waals surface area contributed by atoms with Crippen molar-refractivity contribution in [3.05, 3.63) is 59.9 Å². The Labute approximate surface area is 155 Å². The van der Waals surface area contributed by atoms with Gasteiger partial charge in [0.25, 0.3) is 0 Å². The summed E-state index contributed by atoms with van der Waals surface area (Å²) in [6, 6.07) is 12.9. The standard InChI is InChI=1S/C19H25N3O2.ClH/c1-23-11-12-24-18-6-4-16(5-7-18)15-22-10-9-21-14-19(22)17-3-2-8-20-13-17;/h2-8,13,19,21H,9-12,14-15H2,1H3;1H. The summed E-state index contributed by atoms with van der Waals surface area (Å²) in [6.07, 6.45) is 3.80. The van der Waals surface area contributed by atoms with Gasteiger partial charge in [-0.2, -0.15) is 0 Å². The van der Waals surface area contributed by atoms with Crippen molar-refractivity contribution in [2.24, 2.45) is 0 Å². The highest BCUT2D eigenvalue weighted by atomic mass is 35.5. The molecule has 1 saturated heterocycles. The number of hydrogen-bond acceptors (Lipinski definition) is 5. The molecule has 1 aliphatic heterocycles. The van der Waals surface area contributed by atoms with Crippen molar-refractivity contribution >= 4 is 12.4 Å². The number of benzene rings is 1. The van der Waals surface area contributed by atoms with Gasteiger partial charge in [-0.05, 0) is 29.3 Å². The first kappa shape index (κ1) is 19.7. The number of aromatic nitrogens is 1. The molecule has 5 nitrogen and oxygen atoms in total. The van der Waals surface area contributed by atoms with Crippen LogP contribution >= 0.6 is 12.4 Å².